The minimum atomic E-state index is -0.610. The van der Waals surface area contributed by atoms with Crippen LogP contribution in [-0.2, 0) is 20.8 Å². The highest BCUT2D eigenvalue weighted by molar-refractivity contribution is 5.97. The summed E-state index contributed by atoms with van der Waals surface area (Å²) in [5.74, 6) is -1.34. The summed E-state index contributed by atoms with van der Waals surface area (Å²) in [5, 5.41) is 18.2. The molecule has 0 aromatic carbocycles. The minimum Gasteiger partial charge on any atom is -0.492 e. The number of amides is 2. The van der Waals surface area contributed by atoms with E-state index in [1.54, 1.807) is 25.0 Å². The van der Waals surface area contributed by atoms with Crippen LogP contribution in [-0.4, -0.2) is 81.6 Å². The van der Waals surface area contributed by atoms with Crippen LogP contribution in [0, 0.1) is 12.3 Å². The van der Waals surface area contributed by atoms with Crippen LogP contribution >= 0.6 is 0 Å². The van der Waals surface area contributed by atoms with Crippen LogP contribution in [0.15, 0.2) is 10.9 Å². The number of rotatable bonds is 7. The third-order valence-corrected chi connectivity index (χ3v) is 6.25. The van der Waals surface area contributed by atoms with E-state index in [-0.39, 0.29) is 35.5 Å². The number of carbonyl (C=O) groups is 2. The molecule has 0 bridgehead atoms. The first-order valence-electron chi connectivity index (χ1n) is 12.2. The number of fused-ring (bicyclic) bond motifs is 1. The number of nitrogens with zero attached hydrogens (tertiary/aromatic N) is 4. The lowest BCUT2D eigenvalue weighted by atomic mass is 9.96. The Morgan fingerprint density at radius 2 is 2.03 bits per heavy atom. The molecule has 2 aromatic rings. The summed E-state index contributed by atoms with van der Waals surface area (Å²) in [5.41, 5.74) is 0.109. The van der Waals surface area contributed by atoms with Gasteiger partial charge in [0, 0.05) is 37.9 Å². The van der Waals surface area contributed by atoms with Crippen LogP contribution in [0.1, 0.15) is 55.2 Å². The second-order valence-electron chi connectivity index (χ2n) is 10.7. The molecule has 3 heterocycles. The SMILES string of the molecule is COC[C@@H]1COCCN1C(=O)/C=C/c1c(C)nn2c(O)c(C(=O)NC3CC3)c(=O)n(CC(C)(C)C)c12. The van der Waals surface area contributed by atoms with Gasteiger partial charge in [0.05, 0.1) is 31.6 Å². The highest BCUT2D eigenvalue weighted by Gasteiger charge is 2.31. The summed E-state index contributed by atoms with van der Waals surface area (Å²) in [6, 6.07) is -0.171. The van der Waals surface area contributed by atoms with Crippen LogP contribution < -0.4 is 10.9 Å². The van der Waals surface area contributed by atoms with Crippen molar-refractivity contribution >= 4 is 23.5 Å². The molecule has 4 rings (SSSR count). The molecule has 36 heavy (non-hydrogen) atoms. The fraction of sp³-hybridized carbons (Fsp3) is 0.600. The Morgan fingerprint density at radius 1 is 1.31 bits per heavy atom. The summed E-state index contributed by atoms with van der Waals surface area (Å²) >= 11 is 0. The average Bonchev–Trinajstić information content (AvgIpc) is 3.55. The van der Waals surface area contributed by atoms with E-state index in [9.17, 15) is 19.5 Å². The number of aromatic nitrogens is 3. The van der Waals surface area contributed by atoms with Gasteiger partial charge in [0.25, 0.3) is 11.5 Å². The van der Waals surface area contributed by atoms with E-state index < -0.39 is 17.3 Å². The smallest absolute Gasteiger partial charge is 0.270 e. The first kappa shape index (κ1) is 25.9. The van der Waals surface area contributed by atoms with E-state index in [2.05, 4.69) is 10.4 Å². The molecule has 1 atom stereocenters. The van der Waals surface area contributed by atoms with Crippen molar-refractivity contribution in [1.29, 1.82) is 0 Å². The van der Waals surface area contributed by atoms with Crippen LogP contribution in [0.4, 0.5) is 0 Å². The van der Waals surface area contributed by atoms with Gasteiger partial charge in [0.15, 0.2) is 5.56 Å². The Bertz CT molecular complexity index is 1250. The molecule has 196 valence electrons. The molecule has 0 unspecified atom stereocenters. The average molecular weight is 502 g/mol. The van der Waals surface area contributed by atoms with Gasteiger partial charge in [-0.25, -0.2) is 0 Å². The maximum atomic E-state index is 13.6. The van der Waals surface area contributed by atoms with Crippen LogP contribution in [0.3, 0.4) is 0 Å². The Kier molecular flexibility index (Phi) is 7.24. The fourth-order valence-electron chi connectivity index (χ4n) is 4.39. The van der Waals surface area contributed by atoms with Crippen molar-refractivity contribution < 1.29 is 24.2 Å². The molecular weight excluding hydrogens is 466 g/mol. The monoisotopic (exact) mass is 501 g/mol. The van der Waals surface area contributed by atoms with Crippen molar-refractivity contribution in [1.82, 2.24) is 24.4 Å². The van der Waals surface area contributed by atoms with Gasteiger partial charge in [0.2, 0.25) is 11.8 Å². The quantitative estimate of drug-likeness (QED) is 0.548. The van der Waals surface area contributed by atoms with E-state index in [1.165, 1.54) is 15.2 Å². The normalized spacial score (nSPS) is 18.8. The Hall–Kier alpha value is -3.18. The number of hydrogen-bond acceptors (Lipinski definition) is 7. The standard InChI is InChI=1S/C25H35N5O6/c1-15-18(8-9-19(31)28-10-11-36-13-17(28)12-35-5)22-29(14-25(2,3)4)23(33)20(24(34)30(22)27-15)21(32)26-16-6-7-16/h8-9,16-17,34H,6-7,10-14H2,1-5H3,(H,26,32)/b9-8+/t17-/m1/s1. The molecule has 1 saturated carbocycles. The zero-order chi connectivity index (χ0) is 26.2. The zero-order valence-electron chi connectivity index (χ0n) is 21.5. The Balaban J connectivity index is 1.79. The number of morpholine rings is 1. The molecule has 0 spiro atoms. The van der Waals surface area contributed by atoms with Crippen molar-refractivity contribution in [3.63, 3.8) is 0 Å². The number of hydrogen-bond donors (Lipinski definition) is 2. The highest BCUT2D eigenvalue weighted by atomic mass is 16.5. The van der Waals surface area contributed by atoms with E-state index in [0.717, 1.165) is 12.8 Å². The molecule has 2 amide bonds. The molecule has 1 saturated heterocycles. The number of methoxy groups -OCH3 is 1. The maximum Gasteiger partial charge on any atom is 0.270 e. The van der Waals surface area contributed by atoms with Gasteiger partial charge in [-0.15, -0.1) is 0 Å². The van der Waals surface area contributed by atoms with Crippen molar-refractivity contribution in [2.75, 3.05) is 33.5 Å². The second kappa shape index (κ2) is 10.1. The molecule has 11 nitrogen and oxygen atoms in total. The number of aromatic hydroxyl groups is 1. The van der Waals surface area contributed by atoms with Crippen LogP contribution in [0.2, 0.25) is 0 Å². The van der Waals surface area contributed by atoms with Crippen LogP contribution in [0.25, 0.3) is 11.7 Å². The molecular formula is C25H35N5O6. The predicted molar refractivity (Wildman–Crippen MR) is 133 cm³/mol. The molecule has 2 N–H and O–H groups in total. The maximum absolute atomic E-state index is 13.6. The van der Waals surface area contributed by atoms with Crippen molar-refractivity contribution in [2.45, 2.75) is 59.2 Å². The van der Waals surface area contributed by atoms with Gasteiger partial charge in [-0.05, 0) is 31.3 Å². The van der Waals surface area contributed by atoms with E-state index in [1.807, 2.05) is 20.8 Å². The third kappa shape index (κ3) is 5.31. The van der Waals surface area contributed by atoms with E-state index >= 15 is 0 Å². The van der Waals surface area contributed by atoms with E-state index in [4.69, 9.17) is 9.47 Å². The summed E-state index contributed by atoms with van der Waals surface area (Å²) in [6.07, 6.45) is 4.75. The third-order valence-electron chi connectivity index (χ3n) is 6.25. The Labute approximate surface area is 209 Å². The number of nitrogens with one attached hydrogen (secondary N) is 1. The van der Waals surface area contributed by atoms with Gasteiger partial charge in [-0.2, -0.15) is 9.61 Å². The molecule has 1 aliphatic heterocycles. The van der Waals surface area contributed by atoms with Gasteiger partial charge >= 0.3 is 0 Å². The zero-order valence-corrected chi connectivity index (χ0v) is 21.5. The lowest BCUT2D eigenvalue weighted by Gasteiger charge is -2.34. The molecule has 2 aromatic heterocycles. The lowest BCUT2D eigenvalue weighted by Crippen LogP contribution is -2.50. The Morgan fingerprint density at radius 3 is 2.67 bits per heavy atom. The van der Waals surface area contributed by atoms with Crippen molar-refractivity contribution in [3.05, 3.63) is 33.3 Å². The number of ether oxygens (including phenoxy) is 2. The first-order valence-corrected chi connectivity index (χ1v) is 12.2. The molecule has 11 heteroatoms. The lowest BCUT2D eigenvalue weighted by molar-refractivity contribution is -0.136. The molecule has 2 fully saturated rings. The summed E-state index contributed by atoms with van der Waals surface area (Å²) in [7, 11) is 1.58. The molecule has 1 aliphatic carbocycles. The summed E-state index contributed by atoms with van der Waals surface area (Å²) in [4.78, 5) is 41.2. The topological polar surface area (TPSA) is 127 Å². The largest absolute Gasteiger partial charge is 0.492 e. The number of aryl methyl sites for hydroxylation is 1. The van der Waals surface area contributed by atoms with Gasteiger partial charge in [-0.1, -0.05) is 20.8 Å². The highest BCUT2D eigenvalue weighted by Crippen LogP contribution is 2.27. The summed E-state index contributed by atoms with van der Waals surface area (Å²) in [6.45, 7) is 9.58. The number of carbonyl (C=O) groups excluding carboxylic acids is 2. The summed E-state index contributed by atoms with van der Waals surface area (Å²) < 4.78 is 13.4. The minimum absolute atomic E-state index is 0.0223. The fourth-order valence-corrected chi connectivity index (χ4v) is 4.39. The molecule has 0 radical (unpaired) electrons. The van der Waals surface area contributed by atoms with Crippen molar-refractivity contribution in [2.24, 2.45) is 5.41 Å². The van der Waals surface area contributed by atoms with E-state index in [0.29, 0.717) is 43.3 Å². The molecule has 2 aliphatic rings. The van der Waals surface area contributed by atoms with Crippen LogP contribution in [0.5, 0.6) is 5.88 Å². The predicted octanol–water partition coefficient (Wildman–Crippen LogP) is 1.34. The first-order chi connectivity index (χ1) is 17.0. The second-order valence-corrected chi connectivity index (χ2v) is 10.7. The van der Waals surface area contributed by atoms with Gasteiger partial charge < -0.3 is 24.8 Å². The van der Waals surface area contributed by atoms with Crippen molar-refractivity contribution in [3.8, 4) is 5.88 Å². The van der Waals surface area contributed by atoms with Gasteiger partial charge in [-0.3, -0.25) is 19.0 Å². The van der Waals surface area contributed by atoms with Gasteiger partial charge in [0.1, 0.15) is 5.65 Å².